The second kappa shape index (κ2) is 7.45. The molecule has 0 aromatic rings. The molecule has 5 heteroatoms. The van der Waals surface area contributed by atoms with Crippen LogP contribution in [-0.2, 0) is 14.3 Å². The van der Waals surface area contributed by atoms with Crippen molar-refractivity contribution in [2.75, 3.05) is 19.8 Å². The average molecular weight is 178 g/mol. The van der Waals surface area contributed by atoms with E-state index in [0.717, 1.165) is 0 Å². The Balaban J connectivity index is 3.37. The molecule has 0 rings (SSSR count). The third kappa shape index (κ3) is 5.45. The third-order valence-electron chi connectivity index (χ3n) is 1.37. The average Bonchev–Trinajstić information content (AvgIpc) is 2.07. The molecule has 74 valence electrons. The lowest BCUT2D eigenvalue weighted by molar-refractivity contribution is -0.149. The van der Waals surface area contributed by atoms with E-state index in [9.17, 15) is 0 Å². The van der Waals surface area contributed by atoms with Gasteiger partial charge in [0, 0.05) is 13.2 Å². The number of rotatable bonds is 7. The predicted molar refractivity (Wildman–Crippen MR) is 45.2 cm³/mol. The lowest BCUT2D eigenvalue weighted by Gasteiger charge is -2.16. The van der Waals surface area contributed by atoms with Gasteiger partial charge in [0.2, 0.25) is 0 Å². The van der Waals surface area contributed by atoms with Crippen molar-refractivity contribution in [3.05, 3.63) is 0 Å². The lowest BCUT2D eigenvalue weighted by Crippen LogP contribution is -2.33. The summed E-state index contributed by atoms with van der Waals surface area (Å²) in [4.78, 5) is 4.52. The van der Waals surface area contributed by atoms with Crippen LogP contribution in [0.15, 0.2) is 0 Å². The van der Waals surface area contributed by atoms with Gasteiger partial charge < -0.3 is 15.2 Å². The molecule has 0 aliphatic carbocycles. The van der Waals surface area contributed by atoms with E-state index >= 15 is 0 Å². The van der Waals surface area contributed by atoms with Crippen LogP contribution in [0.5, 0.6) is 0 Å². The zero-order valence-electron chi connectivity index (χ0n) is 7.66. The molecular weight excluding hydrogens is 160 g/mol. The summed E-state index contributed by atoms with van der Waals surface area (Å²) in [7, 11) is 0. The van der Waals surface area contributed by atoms with Crippen molar-refractivity contribution in [2.45, 2.75) is 26.2 Å². The van der Waals surface area contributed by atoms with Crippen molar-refractivity contribution < 1.29 is 14.3 Å². The predicted octanol–water partition coefficient (Wildman–Crippen LogP) is -0.397. The van der Waals surface area contributed by atoms with Crippen molar-refractivity contribution in [1.29, 1.82) is 0 Å². The fraction of sp³-hybridized carbons (Fsp3) is 1.00. The molecule has 12 heavy (non-hydrogen) atoms. The highest BCUT2D eigenvalue weighted by Gasteiger charge is 2.08. The Labute approximate surface area is 72.9 Å². The molecule has 0 aromatic carbocycles. The number of hydrogen-bond acceptors (Lipinski definition) is 5. The van der Waals surface area contributed by atoms with Crippen molar-refractivity contribution in [3.8, 4) is 0 Å². The summed E-state index contributed by atoms with van der Waals surface area (Å²) in [5, 5.41) is 0. The Morgan fingerprint density at radius 3 is 2.42 bits per heavy atom. The van der Waals surface area contributed by atoms with E-state index in [4.69, 9.17) is 21.1 Å². The maximum Gasteiger partial charge on any atom is 0.154 e. The van der Waals surface area contributed by atoms with E-state index < -0.39 is 0 Å². The molecule has 0 saturated carbocycles. The van der Waals surface area contributed by atoms with Crippen LogP contribution in [0.3, 0.4) is 0 Å². The van der Waals surface area contributed by atoms with Gasteiger partial charge in [-0.3, -0.25) is 4.84 Å². The smallest absolute Gasteiger partial charge is 0.154 e. The molecular formula is C7H18N2O3. The molecule has 0 aliphatic heterocycles. The van der Waals surface area contributed by atoms with E-state index in [-0.39, 0.29) is 12.4 Å². The van der Waals surface area contributed by atoms with Gasteiger partial charge in [-0.25, -0.2) is 5.90 Å². The van der Waals surface area contributed by atoms with Gasteiger partial charge in [-0.15, -0.1) is 0 Å². The largest absolute Gasteiger partial charge is 0.353 e. The molecule has 0 fully saturated rings. The second-order valence-electron chi connectivity index (χ2n) is 2.35. The van der Waals surface area contributed by atoms with Crippen LogP contribution in [0.4, 0.5) is 0 Å². The number of ether oxygens (including phenoxy) is 2. The van der Waals surface area contributed by atoms with Crippen molar-refractivity contribution in [3.63, 3.8) is 0 Å². The maximum atomic E-state index is 5.32. The Morgan fingerprint density at radius 2 is 2.00 bits per heavy atom. The van der Waals surface area contributed by atoms with Gasteiger partial charge in [0.1, 0.15) is 6.10 Å². The van der Waals surface area contributed by atoms with Crippen molar-refractivity contribution in [2.24, 2.45) is 11.6 Å². The third-order valence-corrected chi connectivity index (χ3v) is 1.37. The second-order valence-corrected chi connectivity index (χ2v) is 2.35. The molecule has 0 radical (unpaired) electrons. The Morgan fingerprint density at radius 1 is 1.33 bits per heavy atom. The summed E-state index contributed by atoms with van der Waals surface area (Å²) in [5.41, 5.74) is 5.32. The van der Waals surface area contributed by atoms with Crippen LogP contribution in [0.25, 0.3) is 0 Å². The van der Waals surface area contributed by atoms with Gasteiger partial charge in [-0.2, -0.15) is 0 Å². The summed E-state index contributed by atoms with van der Waals surface area (Å²) in [6, 6.07) is 0. The van der Waals surface area contributed by atoms with E-state index in [1.54, 1.807) is 0 Å². The molecule has 0 aliphatic rings. The van der Waals surface area contributed by atoms with Crippen LogP contribution in [-0.4, -0.2) is 32.2 Å². The van der Waals surface area contributed by atoms with E-state index in [0.29, 0.717) is 19.8 Å². The Bertz CT molecular complexity index is 98.7. The molecule has 2 atom stereocenters. The van der Waals surface area contributed by atoms with Gasteiger partial charge in [-0.1, -0.05) is 0 Å². The lowest BCUT2D eigenvalue weighted by atomic mass is 10.4. The van der Waals surface area contributed by atoms with Crippen molar-refractivity contribution >= 4 is 0 Å². The first-order chi connectivity index (χ1) is 5.74. The Kier molecular flexibility index (Phi) is 7.33. The molecule has 0 saturated heterocycles. The standard InChI is InChI=1S/C7H18N2O3/c1-3-10-6(2)11-5-7(4-8)12-9/h6-7H,3-5,8-9H2,1-2H3. The fourth-order valence-electron chi connectivity index (χ4n) is 0.689. The van der Waals surface area contributed by atoms with Crippen LogP contribution < -0.4 is 11.6 Å². The van der Waals surface area contributed by atoms with Crippen LogP contribution in [0, 0.1) is 0 Å². The van der Waals surface area contributed by atoms with E-state index in [1.807, 2.05) is 13.8 Å². The monoisotopic (exact) mass is 178 g/mol. The molecule has 4 N–H and O–H groups in total. The van der Waals surface area contributed by atoms with Gasteiger partial charge in [-0.05, 0) is 13.8 Å². The number of hydrogen-bond donors (Lipinski definition) is 2. The molecule has 0 aromatic heterocycles. The topological polar surface area (TPSA) is 79.7 Å². The number of nitrogens with two attached hydrogens (primary N) is 2. The molecule has 0 amide bonds. The van der Waals surface area contributed by atoms with E-state index in [1.165, 1.54) is 0 Å². The molecule has 5 nitrogen and oxygen atoms in total. The van der Waals surface area contributed by atoms with Gasteiger partial charge in [0.25, 0.3) is 0 Å². The molecule has 0 heterocycles. The first-order valence-electron chi connectivity index (χ1n) is 4.03. The normalized spacial score (nSPS) is 16.0. The molecule has 2 unspecified atom stereocenters. The zero-order chi connectivity index (χ0) is 9.40. The molecule has 0 bridgehead atoms. The van der Waals surface area contributed by atoms with Crippen LogP contribution in [0.1, 0.15) is 13.8 Å². The van der Waals surface area contributed by atoms with Crippen LogP contribution in [0.2, 0.25) is 0 Å². The van der Waals surface area contributed by atoms with Gasteiger partial charge >= 0.3 is 0 Å². The molecule has 0 spiro atoms. The summed E-state index contributed by atoms with van der Waals surface area (Å²) in [6.07, 6.45) is -0.493. The first-order valence-corrected chi connectivity index (χ1v) is 4.03. The fourth-order valence-corrected chi connectivity index (χ4v) is 0.689. The first kappa shape index (κ1) is 11.8. The highest BCUT2D eigenvalue weighted by Crippen LogP contribution is 1.95. The minimum absolute atomic E-state index is 0.237. The van der Waals surface area contributed by atoms with E-state index in [2.05, 4.69) is 4.84 Å². The summed E-state index contributed by atoms with van der Waals surface area (Å²) in [5.74, 6) is 4.94. The zero-order valence-corrected chi connectivity index (χ0v) is 7.66. The van der Waals surface area contributed by atoms with Crippen molar-refractivity contribution in [1.82, 2.24) is 0 Å². The SMILES string of the molecule is CCOC(C)OCC(CN)ON. The van der Waals surface area contributed by atoms with Gasteiger partial charge in [0.15, 0.2) is 6.29 Å². The highest BCUT2D eigenvalue weighted by molar-refractivity contribution is 4.54. The minimum Gasteiger partial charge on any atom is -0.353 e. The van der Waals surface area contributed by atoms with Crippen LogP contribution >= 0.6 is 0 Å². The Hall–Kier alpha value is -0.200. The summed E-state index contributed by atoms with van der Waals surface area (Å²) < 4.78 is 10.3. The van der Waals surface area contributed by atoms with Gasteiger partial charge in [0.05, 0.1) is 6.61 Å². The maximum absolute atomic E-state index is 5.32. The summed E-state index contributed by atoms with van der Waals surface area (Å²) >= 11 is 0. The quantitative estimate of drug-likeness (QED) is 0.409. The summed E-state index contributed by atoms with van der Waals surface area (Å²) in [6.45, 7) is 5.04. The highest BCUT2D eigenvalue weighted by atomic mass is 16.7. The minimum atomic E-state index is -0.257.